The predicted molar refractivity (Wildman–Crippen MR) is 75.5 cm³/mol. The Kier molecular flexibility index (Phi) is 2.47. The van der Waals surface area contributed by atoms with Gasteiger partial charge in [0.25, 0.3) is 0 Å². The summed E-state index contributed by atoms with van der Waals surface area (Å²) in [5.41, 5.74) is 4.26. The van der Waals surface area contributed by atoms with Crippen molar-refractivity contribution in [3.63, 3.8) is 0 Å². The van der Waals surface area contributed by atoms with Crippen LogP contribution in [0.1, 0.15) is 23.5 Å². The zero-order valence-corrected chi connectivity index (χ0v) is 11.3. The summed E-state index contributed by atoms with van der Waals surface area (Å²) < 4.78 is 0. The van der Waals surface area contributed by atoms with E-state index in [2.05, 4.69) is 36.4 Å². The number of aromatic nitrogens is 1. The van der Waals surface area contributed by atoms with Gasteiger partial charge in [0.15, 0.2) is 0 Å². The Bertz CT molecular complexity index is 618. The molecule has 0 bridgehead atoms. The van der Waals surface area contributed by atoms with Crippen LogP contribution >= 0.6 is 0 Å². The normalized spacial score (nSPS) is 33.4. The van der Waals surface area contributed by atoms with E-state index in [-0.39, 0.29) is 0 Å². The summed E-state index contributed by atoms with van der Waals surface area (Å²) in [4.78, 5) is 4.99. The van der Waals surface area contributed by atoms with Crippen molar-refractivity contribution in [2.45, 2.75) is 24.8 Å². The lowest BCUT2D eigenvalue weighted by Gasteiger charge is -2.42. The zero-order valence-electron chi connectivity index (χ0n) is 11.3. The number of hydrogen-bond acceptors (Lipinski definition) is 1. The molecule has 0 amide bonds. The van der Waals surface area contributed by atoms with Crippen LogP contribution in [0, 0.1) is 5.92 Å². The molecule has 19 heavy (non-hydrogen) atoms. The molecule has 1 aromatic carbocycles. The average Bonchev–Trinajstić information content (AvgIpc) is 2.85. The molecule has 0 spiro atoms. The summed E-state index contributed by atoms with van der Waals surface area (Å²) in [6, 6.07) is 7.31. The van der Waals surface area contributed by atoms with Gasteiger partial charge in [0.2, 0.25) is 0 Å². The van der Waals surface area contributed by atoms with Crippen LogP contribution in [0.25, 0.3) is 10.9 Å². The SMILES string of the molecule is C[NH+]1C[C@@H](CO)C[C@@H]2c3cccc4[nH]cc(c34)C[C@H]21. The average molecular weight is 257 g/mol. The molecule has 1 aromatic heterocycles. The number of quaternary nitrogens is 1. The number of nitrogens with one attached hydrogen (secondary N) is 2. The number of likely N-dealkylation sites (tertiary alicyclic amines) is 1. The first-order valence-corrected chi connectivity index (χ1v) is 7.30. The molecule has 1 fully saturated rings. The molecule has 3 nitrogen and oxygen atoms in total. The first kappa shape index (κ1) is 11.5. The Morgan fingerprint density at radius 3 is 3.16 bits per heavy atom. The molecule has 1 aliphatic carbocycles. The summed E-state index contributed by atoms with van der Waals surface area (Å²) >= 11 is 0. The lowest BCUT2D eigenvalue weighted by Crippen LogP contribution is -3.15. The van der Waals surface area contributed by atoms with Gasteiger partial charge in [-0.2, -0.15) is 0 Å². The Labute approximate surface area is 113 Å². The highest BCUT2D eigenvalue weighted by Crippen LogP contribution is 2.40. The van der Waals surface area contributed by atoms with Gasteiger partial charge in [-0.1, -0.05) is 12.1 Å². The fourth-order valence-electron chi connectivity index (χ4n) is 4.35. The number of fused-ring (bicyclic) bond motifs is 2. The maximum absolute atomic E-state index is 9.53. The van der Waals surface area contributed by atoms with Crippen molar-refractivity contribution in [2.75, 3.05) is 20.2 Å². The molecule has 2 heterocycles. The van der Waals surface area contributed by atoms with E-state index in [9.17, 15) is 5.11 Å². The molecule has 3 N–H and O–H groups in total. The van der Waals surface area contributed by atoms with Gasteiger partial charge in [-0.05, 0) is 23.6 Å². The molecule has 3 heteroatoms. The van der Waals surface area contributed by atoms with Gasteiger partial charge in [0.1, 0.15) is 0 Å². The minimum absolute atomic E-state index is 0.330. The van der Waals surface area contributed by atoms with Crippen molar-refractivity contribution in [1.82, 2.24) is 4.98 Å². The van der Waals surface area contributed by atoms with E-state index in [0.29, 0.717) is 24.5 Å². The molecule has 0 saturated carbocycles. The lowest BCUT2D eigenvalue weighted by atomic mass is 9.72. The number of piperidine rings is 1. The van der Waals surface area contributed by atoms with E-state index in [1.54, 1.807) is 4.90 Å². The van der Waals surface area contributed by atoms with Crippen molar-refractivity contribution in [3.8, 4) is 0 Å². The van der Waals surface area contributed by atoms with E-state index < -0.39 is 0 Å². The number of aliphatic hydroxyl groups excluding tert-OH is 1. The molecule has 4 atom stereocenters. The molecule has 1 unspecified atom stereocenters. The molecular weight excluding hydrogens is 236 g/mol. The third-order valence-electron chi connectivity index (χ3n) is 5.23. The summed E-state index contributed by atoms with van der Waals surface area (Å²) in [6.45, 7) is 1.43. The Morgan fingerprint density at radius 2 is 2.32 bits per heavy atom. The number of aromatic amines is 1. The summed E-state index contributed by atoms with van der Waals surface area (Å²) in [5, 5.41) is 11.0. The van der Waals surface area contributed by atoms with Crippen LogP contribution in [0.2, 0.25) is 0 Å². The van der Waals surface area contributed by atoms with Crippen LogP contribution in [0.5, 0.6) is 0 Å². The molecular formula is C16H21N2O+. The van der Waals surface area contributed by atoms with Crippen LogP contribution in [0.15, 0.2) is 24.4 Å². The number of likely N-dealkylation sites (N-methyl/N-ethyl adjacent to an activating group) is 1. The van der Waals surface area contributed by atoms with E-state index in [1.165, 1.54) is 28.5 Å². The van der Waals surface area contributed by atoms with Crippen molar-refractivity contribution < 1.29 is 10.0 Å². The Hall–Kier alpha value is -1.32. The lowest BCUT2D eigenvalue weighted by molar-refractivity contribution is -0.917. The van der Waals surface area contributed by atoms with Crippen molar-refractivity contribution >= 4 is 10.9 Å². The van der Waals surface area contributed by atoms with Gasteiger partial charge >= 0.3 is 0 Å². The fourth-order valence-corrected chi connectivity index (χ4v) is 4.35. The van der Waals surface area contributed by atoms with Crippen LogP contribution < -0.4 is 4.90 Å². The Balaban J connectivity index is 1.86. The molecule has 2 aromatic rings. The highest BCUT2D eigenvalue weighted by molar-refractivity contribution is 5.88. The van der Waals surface area contributed by atoms with E-state index in [1.807, 2.05) is 0 Å². The second kappa shape index (κ2) is 4.09. The fraction of sp³-hybridized carbons (Fsp3) is 0.500. The standard InChI is InChI=1S/C16H20N2O/c1-18-8-10(9-19)5-13-12-3-2-4-14-16(12)11(7-17-14)6-15(13)18/h2-4,7,10,13,15,17,19H,5-6,8-9H2,1H3/p+1/t10-,13+,15+/m0/s1. The first-order valence-electron chi connectivity index (χ1n) is 7.30. The quantitative estimate of drug-likeness (QED) is 0.691. The number of aliphatic hydroxyl groups is 1. The number of rotatable bonds is 1. The molecule has 1 saturated heterocycles. The summed E-state index contributed by atoms with van der Waals surface area (Å²) in [5.74, 6) is 1.06. The smallest absolute Gasteiger partial charge is 0.0984 e. The molecule has 2 aliphatic rings. The number of H-pyrrole nitrogens is 1. The summed E-state index contributed by atoms with van der Waals surface area (Å²) in [7, 11) is 2.29. The maximum Gasteiger partial charge on any atom is 0.0984 e. The Morgan fingerprint density at radius 1 is 1.42 bits per heavy atom. The highest BCUT2D eigenvalue weighted by Gasteiger charge is 2.42. The molecule has 4 rings (SSSR count). The maximum atomic E-state index is 9.53. The van der Waals surface area contributed by atoms with Crippen LogP contribution in [0.4, 0.5) is 0 Å². The van der Waals surface area contributed by atoms with E-state index >= 15 is 0 Å². The van der Waals surface area contributed by atoms with Crippen molar-refractivity contribution in [3.05, 3.63) is 35.5 Å². The van der Waals surface area contributed by atoms with Crippen molar-refractivity contribution in [2.24, 2.45) is 5.92 Å². The first-order chi connectivity index (χ1) is 9.28. The molecule has 1 aliphatic heterocycles. The second-order valence-electron chi connectivity index (χ2n) is 6.34. The predicted octanol–water partition coefficient (Wildman–Crippen LogP) is 0.703. The van der Waals surface area contributed by atoms with Crippen LogP contribution in [-0.2, 0) is 6.42 Å². The van der Waals surface area contributed by atoms with Gasteiger partial charge in [-0.3, -0.25) is 0 Å². The summed E-state index contributed by atoms with van der Waals surface area (Å²) in [6.07, 6.45) is 4.50. The minimum atomic E-state index is 0.330. The van der Waals surface area contributed by atoms with Gasteiger partial charge < -0.3 is 15.0 Å². The van der Waals surface area contributed by atoms with Gasteiger partial charge in [0.05, 0.1) is 26.2 Å². The van der Waals surface area contributed by atoms with E-state index in [0.717, 1.165) is 13.0 Å². The molecule has 100 valence electrons. The third-order valence-corrected chi connectivity index (χ3v) is 5.23. The monoisotopic (exact) mass is 257 g/mol. The minimum Gasteiger partial charge on any atom is -0.396 e. The second-order valence-corrected chi connectivity index (χ2v) is 6.34. The number of benzene rings is 1. The largest absolute Gasteiger partial charge is 0.396 e. The van der Waals surface area contributed by atoms with Gasteiger partial charge in [-0.15, -0.1) is 0 Å². The van der Waals surface area contributed by atoms with Crippen LogP contribution in [-0.4, -0.2) is 36.3 Å². The number of hydrogen-bond donors (Lipinski definition) is 3. The van der Waals surface area contributed by atoms with E-state index in [4.69, 9.17) is 0 Å². The van der Waals surface area contributed by atoms with Gasteiger partial charge in [0, 0.05) is 35.4 Å². The van der Waals surface area contributed by atoms with Crippen molar-refractivity contribution in [1.29, 1.82) is 0 Å². The topological polar surface area (TPSA) is 40.5 Å². The van der Waals surface area contributed by atoms with Crippen LogP contribution in [0.3, 0.4) is 0 Å². The highest BCUT2D eigenvalue weighted by atomic mass is 16.3. The van der Waals surface area contributed by atoms with Gasteiger partial charge in [-0.25, -0.2) is 0 Å². The zero-order chi connectivity index (χ0) is 13.0. The third kappa shape index (κ3) is 1.58. The molecule has 0 radical (unpaired) electrons.